The normalized spacial score (nSPS) is 26.2. The van der Waals surface area contributed by atoms with Crippen molar-refractivity contribution in [3.8, 4) is 6.07 Å². The zero-order chi connectivity index (χ0) is 16.1. The topological polar surface area (TPSA) is 50.1 Å². The van der Waals surface area contributed by atoms with Crippen LogP contribution in [0.5, 0.6) is 0 Å². The van der Waals surface area contributed by atoms with Gasteiger partial charge >= 0.3 is 5.97 Å². The Morgan fingerprint density at radius 3 is 2.55 bits per heavy atom. The molecular weight excluding hydrogens is 274 g/mol. The summed E-state index contributed by atoms with van der Waals surface area (Å²) in [6.07, 6.45) is 3.13. The van der Waals surface area contributed by atoms with Crippen LogP contribution in [0.1, 0.15) is 51.5 Å². The molecule has 118 valence electrons. The summed E-state index contributed by atoms with van der Waals surface area (Å²) in [5.41, 5.74) is 0.708. The molecule has 0 radical (unpaired) electrons. The van der Waals surface area contributed by atoms with Crippen molar-refractivity contribution in [2.45, 2.75) is 52.1 Å². The van der Waals surface area contributed by atoms with Gasteiger partial charge in [-0.2, -0.15) is 5.26 Å². The Morgan fingerprint density at radius 1 is 1.27 bits per heavy atom. The second kappa shape index (κ2) is 7.45. The lowest BCUT2D eigenvalue weighted by Crippen LogP contribution is -2.36. The van der Waals surface area contributed by atoms with Crippen molar-refractivity contribution in [1.82, 2.24) is 0 Å². The number of rotatable bonds is 4. The molecule has 3 nitrogen and oxygen atoms in total. The number of nitriles is 1. The van der Waals surface area contributed by atoms with Crippen molar-refractivity contribution in [2.24, 2.45) is 17.8 Å². The van der Waals surface area contributed by atoms with Gasteiger partial charge in [0.15, 0.2) is 5.92 Å². The maximum Gasteiger partial charge on any atom is 0.328 e. The minimum absolute atomic E-state index is 0.0594. The third-order valence-corrected chi connectivity index (χ3v) is 4.73. The lowest BCUT2D eigenvalue weighted by molar-refractivity contribution is -0.156. The van der Waals surface area contributed by atoms with Gasteiger partial charge in [0, 0.05) is 0 Å². The highest BCUT2D eigenvalue weighted by atomic mass is 16.5. The zero-order valence-electron chi connectivity index (χ0n) is 13.7. The molecular formula is C19H25NO2. The average Bonchev–Trinajstić information content (AvgIpc) is 2.48. The molecule has 2 rings (SSSR count). The number of esters is 1. The van der Waals surface area contributed by atoms with Crippen molar-refractivity contribution in [2.75, 3.05) is 0 Å². The van der Waals surface area contributed by atoms with Crippen molar-refractivity contribution in [1.29, 1.82) is 5.26 Å². The molecule has 1 saturated carbocycles. The van der Waals surface area contributed by atoms with Crippen LogP contribution in [0.3, 0.4) is 0 Å². The molecule has 0 bridgehead atoms. The zero-order valence-corrected chi connectivity index (χ0v) is 13.7. The fourth-order valence-corrected chi connectivity index (χ4v) is 3.38. The minimum Gasteiger partial charge on any atom is -0.461 e. The summed E-state index contributed by atoms with van der Waals surface area (Å²) in [7, 11) is 0. The Kier molecular flexibility index (Phi) is 5.60. The van der Waals surface area contributed by atoms with E-state index in [2.05, 4.69) is 26.8 Å². The van der Waals surface area contributed by atoms with Crippen molar-refractivity contribution >= 4 is 5.97 Å². The second-order valence-electron chi connectivity index (χ2n) is 6.77. The largest absolute Gasteiger partial charge is 0.461 e. The summed E-state index contributed by atoms with van der Waals surface area (Å²) in [5.74, 6) is 0.229. The van der Waals surface area contributed by atoms with E-state index in [1.165, 1.54) is 6.42 Å². The van der Waals surface area contributed by atoms with Crippen LogP contribution in [-0.2, 0) is 9.53 Å². The van der Waals surface area contributed by atoms with E-state index in [1.807, 2.05) is 18.2 Å². The summed E-state index contributed by atoms with van der Waals surface area (Å²) in [6.45, 7) is 6.57. The van der Waals surface area contributed by atoms with E-state index in [4.69, 9.17) is 4.74 Å². The van der Waals surface area contributed by atoms with Crippen LogP contribution in [0, 0.1) is 29.1 Å². The first-order valence-corrected chi connectivity index (χ1v) is 8.18. The third-order valence-electron chi connectivity index (χ3n) is 4.73. The minimum atomic E-state index is -0.828. The molecule has 0 N–H and O–H groups in total. The van der Waals surface area contributed by atoms with E-state index in [-0.39, 0.29) is 6.10 Å². The lowest BCUT2D eigenvalue weighted by atomic mass is 9.75. The molecule has 22 heavy (non-hydrogen) atoms. The number of benzene rings is 1. The van der Waals surface area contributed by atoms with Gasteiger partial charge in [-0.1, -0.05) is 57.5 Å². The van der Waals surface area contributed by atoms with Gasteiger partial charge in [-0.3, -0.25) is 4.79 Å². The number of hydrogen-bond donors (Lipinski definition) is 0. The molecule has 4 atom stereocenters. The second-order valence-corrected chi connectivity index (χ2v) is 6.77. The molecule has 0 heterocycles. The van der Waals surface area contributed by atoms with E-state index in [9.17, 15) is 10.1 Å². The number of hydrogen-bond acceptors (Lipinski definition) is 3. The molecule has 0 amide bonds. The van der Waals surface area contributed by atoms with Crippen LogP contribution in [0.4, 0.5) is 0 Å². The van der Waals surface area contributed by atoms with Crippen molar-refractivity contribution in [3.63, 3.8) is 0 Å². The van der Waals surface area contributed by atoms with Gasteiger partial charge < -0.3 is 4.74 Å². The molecule has 3 heteroatoms. The Labute approximate surface area is 133 Å². The van der Waals surface area contributed by atoms with Gasteiger partial charge in [0.1, 0.15) is 6.10 Å². The van der Waals surface area contributed by atoms with Gasteiger partial charge in [0.2, 0.25) is 0 Å². The van der Waals surface area contributed by atoms with Gasteiger partial charge in [-0.05, 0) is 36.2 Å². The number of carbonyl (C=O) groups excluding carboxylic acids is 1. The molecule has 0 aliphatic heterocycles. The lowest BCUT2D eigenvalue weighted by Gasteiger charge is -2.37. The first-order chi connectivity index (χ1) is 10.5. The smallest absolute Gasteiger partial charge is 0.328 e. The summed E-state index contributed by atoms with van der Waals surface area (Å²) in [6, 6.07) is 11.3. The fraction of sp³-hybridized carbons (Fsp3) is 0.579. The number of ether oxygens (including phenoxy) is 1. The first kappa shape index (κ1) is 16.5. The Balaban J connectivity index is 2.10. The van der Waals surface area contributed by atoms with Crippen LogP contribution in [0.25, 0.3) is 0 Å². The maximum atomic E-state index is 12.5. The van der Waals surface area contributed by atoms with Gasteiger partial charge in [0.05, 0.1) is 6.07 Å². The molecule has 1 aromatic rings. The highest BCUT2D eigenvalue weighted by Gasteiger charge is 2.35. The van der Waals surface area contributed by atoms with E-state index in [0.29, 0.717) is 23.3 Å². The summed E-state index contributed by atoms with van der Waals surface area (Å²) in [4.78, 5) is 12.5. The highest BCUT2D eigenvalue weighted by molar-refractivity contribution is 5.81. The maximum absolute atomic E-state index is 12.5. The molecule has 0 saturated heterocycles. The summed E-state index contributed by atoms with van der Waals surface area (Å²) >= 11 is 0. The predicted octanol–water partition coefficient (Wildman–Crippen LogP) is 4.30. The fourth-order valence-electron chi connectivity index (χ4n) is 3.38. The average molecular weight is 299 g/mol. The van der Waals surface area contributed by atoms with E-state index < -0.39 is 11.9 Å². The van der Waals surface area contributed by atoms with Crippen LogP contribution in [-0.4, -0.2) is 12.1 Å². The molecule has 1 unspecified atom stereocenters. The van der Waals surface area contributed by atoms with Crippen molar-refractivity contribution in [3.05, 3.63) is 35.9 Å². The first-order valence-electron chi connectivity index (χ1n) is 8.18. The van der Waals surface area contributed by atoms with Crippen LogP contribution < -0.4 is 0 Å². The Bertz CT molecular complexity index is 532. The van der Waals surface area contributed by atoms with Crippen LogP contribution >= 0.6 is 0 Å². The molecule has 1 aliphatic rings. The van der Waals surface area contributed by atoms with Crippen LogP contribution in [0.15, 0.2) is 30.3 Å². The van der Waals surface area contributed by atoms with Gasteiger partial charge in [-0.15, -0.1) is 0 Å². The Morgan fingerprint density at radius 2 is 1.95 bits per heavy atom. The molecule has 1 aliphatic carbocycles. The molecule has 1 aromatic carbocycles. The van der Waals surface area contributed by atoms with E-state index in [0.717, 1.165) is 12.8 Å². The highest BCUT2D eigenvalue weighted by Crippen LogP contribution is 2.36. The molecule has 0 spiro atoms. The quantitative estimate of drug-likeness (QED) is 0.779. The van der Waals surface area contributed by atoms with E-state index >= 15 is 0 Å². The monoisotopic (exact) mass is 299 g/mol. The molecule has 1 fully saturated rings. The Hall–Kier alpha value is -1.82. The van der Waals surface area contributed by atoms with Gasteiger partial charge in [-0.25, -0.2) is 0 Å². The van der Waals surface area contributed by atoms with E-state index in [1.54, 1.807) is 12.1 Å². The number of carbonyl (C=O) groups is 1. The van der Waals surface area contributed by atoms with Crippen molar-refractivity contribution < 1.29 is 9.53 Å². The van der Waals surface area contributed by atoms with Crippen LogP contribution in [0.2, 0.25) is 0 Å². The summed E-state index contributed by atoms with van der Waals surface area (Å²) in [5, 5.41) is 9.36. The standard InChI is InChI=1S/C19H25NO2/c1-13(2)16-10-9-14(3)11-18(16)22-19(21)17(12-20)15-7-5-4-6-8-15/h4-8,13-14,16-18H,9-11H2,1-3H3/t14-,16+,17?,18-/m1/s1. The van der Waals surface area contributed by atoms with Gasteiger partial charge in [0.25, 0.3) is 0 Å². The molecule has 0 aromatic heterocycles. The SMILES string of the molecule is CC(C)[C@@H]1CC[C@@H](C)C[C@H]1OC(=O)C(C#N)c1ccccc1. The number of nitrogens with zero attached hydrogens (tertiary/aromatic N) is 1. The summed E-state index contributed by atoms with van der Waals surface area (Å²) < 4.78 is 5.78. The third kappa shape index (κ3) is 3.88. The predicted molar refractivity (Wildman–Crippen MR) is 86.0 cm³/mol.